The zero-order valence-corrected chi connectivity index (χ0v) is 18.9. The number of rotatable bonds is 17. The number of carbonyl (C=O) groups excluding carboxylic acids is 1. The van der Waals surface area contributed by atoms with E-state index in [1.54, 1.807) is 18.2 Å². The van der Waals surface area contributed by atoms with Crippen LogP contribution < -0.4 is 5.32 Å². The Balaban J connectivity index is 2.63. The molecule has 0 amide bonds. The van der Waals surface area contributed by atoms with Gasteiger partial charge in [-0.15, -0.1) is 0 Å². The minimum atomic E-state index is -0.927. The van der Waals surface area contributed by atoms with E-state index < -0.39 is 12.1 Å². The molecule has 4 N–H and O–H groups in total. The third kappa shape index (κ3) is 13.0. The van der Waals surface area contributed by atoms with Gasteiger partial charge in [0.15, 0.2) is 0 Å². The third-order valence-electron chi connectivity index (χ3n) is 5.72. The van der Waals surface area contributed by atoms with Gasteiger partial charge in [-0.1, -0.05) is 38.0 Å². The van der Waals surface area contributed by atoms with Crippen LogP contribution in [-0.2, 0) is 16.0 Å². The molecule has 4 atom stereocenters. The summed E-state index contributed by atoms with van der Waals surface area (Å²) in [6.07, 6.45) is 10.2. The van der Waals surface area contributed by atoms with Gasteiger partial charge in [0.1, 0.15) is 12.0 Å². The SMILES string of the molecule is CNC[C@H](/C=C/C(=O)O)CCC[C@H](CC[C@H](O)CC[C@@H](C)C=O)Cc1ccc(O)cc1. The topological polar surface area (TPSA) is 107 Å². The number of hydrogen-bond acceptors (Lipinski definition) is 5. The number of carboxylic acids is 1. The van der Waals surface area contributed by atoms with Crippen molar-refractivity contribution in [3.63, 3.8) is 0 Å². The number of aliphatic hydroxyl groups is 1. The number of nitrogens with one attached hydrogen (secondary N) is 1. The van der Waals surface area contributed by atoms with Crippen LogP contribution in [0, 0.1) is 17.8 Å². The number of aromatic hydroxyl groups is 1. The Bertz CT molecular complexity index is 658. The molecule has 6 heteroatoms. The molecule has 1 aromatic rings. The highest BCUT2D eigenvalue weighted by Gasteiger charge is 2.15. The van der Waals surface area contributed by atoms with Gasteiger partial charge in [0.2, 0.25) is 0 Å². The van der Waals surface area contributed by atoms with E-state index in [-0.39, 0.29) is 17.6 Å². The van der Waals surface area contributed by atoms with Gasteiger partial charge in [0.25, 0.3) is 0 Å². The van der Waals surface area contributed by atoms with Gasteiger partial charge in [-0.2, -0.15) is 0 Å². The van der Waals surface area contributed by atoms with Gasteiger partial charge in [-0.25, -0.2) is 4.79 Å². The zero-order valence-electron chi connectivity index (χ0n) is 18.9. The van der Waals surface area contributed by atoms with Gasteiger partial charge in [-0.05, 0) is 75.1 Å². The molecule has 0 spiro atoms. The van der Waals surface area contributed by atoms with Crippen LogP contribution in [0.3, 0.4) is 0 Å². The first-order valence-corrected chi connectivity index (χ1v) is 11.3. The predicted molar refractivity (Wildman–Crippen MR) is 123 cm³/mol. The lowest BCUT2D eigenvalue weighted by Crippen LogP contribution is -2.18. The van der Waals surface area contributed by atoms with Crippen LogP contribution in [0.2, 0.25) is 0 Å². The standard InChI is InChI=1S/C25H39NO5/c1-19(18-27)6-11-23(28)12-7-20(16-21-8-13-24(29)14-9-21)4-3-5-22(17-26-2)10-15-25(30)31/h8-10,13-15,18-20,22-23,26,28-29H,3-7,11-12,16-17H2,1-2H3,(H,30,31)/b15-10+/t19-,20-,22+,23-/m1/s1. The maximum atomic E-state index is 10.8. The lowest BCUT2D eigenvalue weighted by atomic mass is 9.87. The molecule has 0 aliphatic heterocycles. The average Bonchev–Trinajstić information content (AvgIpc) is 2.75. The Morgan fingerprint density at radius 2 is 1.74 bits per heavy atom. The number of carbonyl (C=O) groups is 2. The molecule has 0 aliphatic carbocycles. The summed E-state index contributed by atoms with van der Waals surface area (Å²) in [5, 5.41) is 31.8. The maximum absolute atomic E-state index is 10.8. The van der Waals surface area contributed by atoms with E-state index in [0.717, 1.165) is 50.5 Å². The molecule has 0 saturated carbocycles. The molecule has 0 fully saturated rings. The number of aldehydes is 1. The van der Waals surface area contributed by atoms with Gasteiger partial charge >= 0.3 is 5.97 Å². The van der Waals surface area contributed by atoms with Gasteiger partial charge in [0.05, 0.1) is 6.10 Å². The fourth-order valence-electron chi connectivity index (χ4n) is 3.83. The van der Waals surface area contributed by atoms with Gasteiger partial charge < -0.3 is 25.4 Å². The summed E-state index contributed by atoms with van der Waals surface area (Å²) in [6.45, 7) is 2.60. The second-order valence-corrected chi connectivity index (χ2v) is 8.60. The molecule has 0 aromatic heterocycles. The minimum Gasteiger partial charge on any atom is -0.508 e. The highest BCUT2D eigenvalue weighted by Crippen LogP contribution is 2.25. The van der Waals surface area contributed by atoms with Crippen LogP contribution in [0.1, 0.15) is 57.4 Å². The fraction of sp³-hybridized carbons (Fsp3) is 0.600. The van der Waals surface area contributed by atoms with E-state index in [4.69, 9.17) is 5.11 Å². The molecule has 0 heterocycles. The molecule has 0 radical (unpaired) electrons. The summed E-state index contributed by atoms with van der Waals surface area (Å²) >= 11 is 0. The molecule has 1 aromatic carbocycles. The molecule has 0 aliphatic rings. The molecule has 1 rings (SSSR count). The highest BCUT2D eigenvalue weighted by molar-refractivity contribution is 5.79. The van der Waals surface area contributed by atoms with Crippen molar-refractivity contribution in [2.24, 2.45) is 17.8 Å². The van der Waals surface area contributed by atoms with Gasteiger partial charge in [-0.3, -0.25) is 0 Å². The van der Waals surface area contributed by atoms with Crippen LogP contribution >= 0.6 is 0 Å². The Kier molecular flexibility index (Phi) is 13.5. The first-order chi connectivity index (χ1) is 14.8. The summed E-state index contributed by atoms with van der Waals surface area (Å²) in [5.41, 5.74) is 1.16. The number of phenols is 1. The highest BCUT2D eigenvalue weighted by atomic mass is 16.4. The fourth-order valence-corrected chi connectivity index (χ4v) is 3.83. The maximum Gasteiger partial charge on any atom is 0.327 e. The van der Waals surface area contributed by atoms with E-state index in [9.17, 15) is 19.8 Å². The van der Waals surface area contributed by atoms with Crippen LogP contribution in [-0.4, -0.2) is 47.3 Å². The largest absolute Gasteiger partial charge is 0.508 e. The van der Waals surface area contributed by atoms with Crippen molar-refractivity contribution in [2.75, 3.05) is 13.6 Å². The van der Waals surface area contributed by atoms with Crippen molar-refractivity contribution < 1.29 is 24.9 Å². The van der Waals surface area contributed by atoms with Crippen molar-refractivity contribution in [1.82, 2.24) is 5.32 Å². The molecule has 0 unspecified atom stereocenters. The van der Waals surface area contributed by atoms with Crippen LogP contribution in [0.15, 0.2) is 36.4 Å². The lowest BCUT2D eigenvalue weighted by molar-refractivity contribution is -0.131. The molecule has 0 bridgehead atoms. The number of benzene rings is 1. The summed E-state index contributed by atoms with van der Waals surface area (Å²) in [7, 11) is 1.86. The number of hydrogen-bond donors (Lipinski definition) is 4. The number of aliphatic carboxylic acids is 1. The van der Waals surface area contributed by atoms with Crippen molar-refractivity contribution in [3.8, 4) is 5.75 Å². The second kappa shape index (κ2) is 15.6. The van der Waals surface area contributed by atoms with Crippen molar-refractivity contribution >= 4 is 12.3 Å². The summed E-state index contributed by atoms with van der Waals surface area (Å²) in [5.74, 6) is -0.137. The quantitative estimate of drug-likeness (QED) is 0.219. The van der Waals surface area contributed by atoms with Crippen molar-refractivity contribution in [2.45, 2.75) is 64.4 Å². The van der Waals surface area contributed by atoms with E-state index >= 15 is 0 Å². The Morgan fingerprint density at radius 1 is 1.06 bits per heavy atom. The van der Waals surface area contributed by atoms with E-state index in [0.29, 0.717) is 25.2 Å². The molecular weight excluding hydrogens is 394 g/mol. The molecule has 6 nitrogen and oxygen atoms in total. The van der Waals surface area contributed by atoms with Crippen molar-refractivity contribution in [1.29, 1.82) is 0 Å². The first kappa shape index (κ1) is 26.9. The van der Waals surface area contributed by atoms with Crippen LogP contribution in [0.5, 0.6) is 5.75 Å². The van der Waals surface area contributed by atoms with Gasteiger partial charge in [0, 0.05) is 18.5 Å². The van der Waals surface area contributed by atoms with E-state index in [1.165, 1.54) is 6.08 Å². The third-order valence-corrected chi connectivity index (χ3v) is 5.72. The lowest BCUT2D eigenvalue weighted by Gasteiger charge is -2.21. The summed E-state index contributed by atoms with van der Waals surface area (Å²) < 4.78 is 0. The minimum absolute atomic E-state index is 0.0228. The van der Waals surface area contributed by atoms with E-state index in [2.05, 4.69) is 5.32 Å². The first-order valence-electron chi connectivity index (χ1n) is 11.3. The Hall–Kier alpha value is -2.18. The predicted octanol–water partition coefficient (Wildman–Crippen LogP) is 3.95. The molecular formula is C25H39NO5. The number of aliphatic hydroxyl groups excluding tert-OH is 1. The summed E-state index contributed by atoms with van der Waals surface area (Å²) in [4.78, 5) is 21.6. The second-order valence-electron chi connectivity index (χ2n) is 8.60. The number of carboxylic acid groups (broad SMARTS) is 1. The van der Waals surface area contributed by atoms with Crippen molar-refractivity contribution in [3.05, 3.63) is 42.0 Å². The molecule has 31 heavy (non-hydrogen) atoms. The van der Waals surface area contributed by atoms with E-state index in [1.807, 2.05) is 26.1 Å². The monoisotopic (exact) mass is 433 g/mol. The zero-order chi connectivity index (χ0) is 23.1. The van der Waals surface area contributed by atoms with Crippen LogP contribution in [0.4, 0.5) is 0 Å². The Morgan fingerprint density at radius 3 is 2.35 bits per heavy atom. The summed E-state index contributed by atoms with van der Waals surface area (Å²) in [6, 6.07) is 7.26. The average molecular weight is 434 g/mol. The normalized spacial score (nSPS) is 15.5. The van der Waals surface area contributed by atoms with Crippen LogP contribution in [0.25, 0.3) is 0 Å². The smallest absolute Gasteiger partial charge is 0.327 e. The number of phenolic OH excluding ortho intramolecular Hbond substituents is 1. The Labute approximate surface area is 186 Å². The molecule has 174 valence electrons. The molecule has 0 saturated heterocycles.